The lowest BCUT2D eigenvalue weighted by Gasteiger charge is -1.95. The van der Waals surface area contributed by atoms with E-state index in [2.05, 4.69) is 30.9 Å². The third-order valence-electron chi connectivity index (χ3n) is 1.47. The van der Waals surface area contributed by atoms with Crippen molar-refractivity contribution in [3.63, 3.8) is 0 Å². The highest BCUT2D eigenvalue weighted by molar-refractivity contribution is 7.16. The molecule has 0 aliphatic heterocycles. The minimum Gasteiger partial charge on any atom is -0.354 e. The molecule has 0 amide bonds. The van der Waals surface area contributed by atoms with Crippen LogP contribution in [0.4, 0.5) is 5.13 Å². The van der Waals surface area contributed by atoms with Crippen molar-refractivity contribution < 1.29 is 0 Å². The number of hydrogen-bond donors (Lipinski definition) is 2. The zero-order valence-corrected chi connectivity index (χ0v) is 8.80. The fourth-order valence-electron chi connectivity index (χ4n) is 0.858. The summed E-state index contributed by atoms with van der Waals surface area (Å²) >= 11 is 6.87. The zero-order chi connectivity index (χ0) is 10.7. The van der Waals surface area contributed by atoms with E-state index in [-0.39, 0.29) is 5.15 Å². The quantitative estimate of drug-likeness (QED) is 0.824. The Morgan fingerprint density at radius 2 is 2.47 bits per heavy atom. The van der Waals surface area contributed by atoms with Crippen molar-refractivity contribution in [2.24, 2.45) is 0 Å². The molecule has 0 saturated heterocycles. The van der Waals surface area contributed by atoms with Gasteiger partial charge < -0.3 is 5.32 Å². The van der Waals surface area contributed by atoms with Crippen LogP contribution in [0.2, 0.25) is 5.15 Å². The lowest BCUT2D eigenvalue weighted by Crippen LogP contribution is -2.00. The van der Waals surface area contributed by atoms with Crippen LogP contribution in [0.15, 0.2) is 0 Å². The van der Waals surface area contributed by atoms with E-state index in [4.69, 9.17) is 16.9 Å². The minimum atomic E-state index is 0.207. The van der Waals surface area contributed by atoms with Gasteiger partial charge in [0.05, 0.1) is 6.54 Å². The molecule has 2 aromatic rings. The normalized spacial score (nSPS) is 9.87. The molecule has 0 unspecified atom stereocenters. The Balaban J connectivity index is 2.03. The van der Waals surface area contributed by atoms with Gasteiger partial charge in [0.15, 0.2) is 16.1 Å². The van der Waals surface area contributed by atoms with Crippen molar-refractivity contribution in [2.75, 3.05) is 5.32 Å². The van der Waals surface area contributed by atoms with E-state index in [9.17, 15) is 0 Å². The number of tetrazole rings is 1. The van der Waals surface area contributed by atoms with Crippen LogP contribution >= 0.6 is 22.9 Å². The Morgan fingerprint density at radius 1 is 1.60 bits per heavy atom. The molecule has 0 bridgehead atoms. The summed E-state index contributed by atoms with van der Waals surface area (Å²) in [5.41, 5.74) is 0. The average molecular weight is 242 g/mol. The number of halogens is 1. The molecule has 76 valence electrons. The first-order valence-electron chi connectivity index (χ1n) is 3.82. The van der Waals surface area contributed by atoms with Crippen molar-refractivity contribution >= 4 is 28.1 Å². The number of hydrogen-bond acceptors (Lipinski definition) is 7. The van der Waals surface area contributed by atoms with E-state index in [0.29, 0.717) is 22.4 Å². The molecule has 2 heterocycles. The highest BCUT2D eigenvalue weighted by Gasteiger charge is 2.08. The maximum Gasteiger partial charge on any atom is 0.193 e. The summed E-state index contributed by atoms with van der Waals surface area (Å²) in [5.74, 6) is 0.514. The molecule has 0 fully saturated rings. The number of aromatic amines is 1. The monoisotopic (exact) mass is 241 g/mol. The van der Waals surface area contributed by atoms with Crippen molar-refractivity contribution in [3.05, 3.63) is 15.9 Å². The lowest BCUT2D eigenvalue weighted by molar-refractivity contribution is 0.881. The van der Waals surface area contributed by atoms with Gasteiger partial charge in [-0.1, -0.05) is 28.2 Å². The second-order valence-corrected chi connectivity index (χ2v) is 3.79. The number of aromatic nitrogens is 5. The number of nitrogens with zero attached hydrogens (tertiary/aromatic N) is 5. The van der Waals surface area contributed by atoms with E-state index < -0.39 is 0 Å². The molecule has 7 nitrogen and oxygen atoms in total. The Morgan fingerprint density at radius 3 is 3.07 bits per heavy atom. The molecule has 2 N–H and O–H groups in total. The van der Waals surface area contributed by atoms with Gasteiger partial charge in [0, 0.05) is 0 Å². The van der Waals surface area contributed by atoms with Gasteiger partial charge >= 0.3 is 0 Å². The van der Waals surface area contributed by atoms with Gasteiger partial charge in [-0.3, -0.25) is 0 Å². The molecule has 15 heavy (non-hydrogen) atoms. The third kappa shape index (κ3) is 2.20. The summed E-state index contributed by atoms with van der Waals surface area (Å²) in [6.45, 7) is 0.380. The van der Waals surface area contributed by atoms with Gasteiger partial charge in [-0.15, -0.1) is 10.2 Å². The molecule has 0 radical (unpaired) electrons. The van der Waals surface area contributed by atoms with Gasteiger partial charge in [-0.05, 0) is 0 Å². The topological polar surface area (TPSA) is 103 Å². The SMILES string of the molecule is N#Cc1sc(NCc2nn[nH]n2)nc1Cl. The van der Waals surface area contributed by atoms with Gasteiger partial charge in [0.2, 0.25) is 0 Å². The molecule has 0 saturated carbocycles. The summed E-state index contributed by atoms with van der Waals surface area (Å²) in [5, 5.41) is 25.6. The number of thiazole rings is 1. The first kappa shape index (κ1) is 9.82. The van der Waals surface area contributed by atoms with Crippen LogP contribution in [-0.2, 0) is 6.54 Å². The summed E-state index contributed by atoms with van der Waals surface area (Å²) in [6.07, 6.45) is 0. The maximum absolute atomic E-state index is 8.65. The average Bonchev–Trinajstić information content (AvgIpc) is 2.83. The number of nitrogens with one attached hydrogen (secondary N) is 2. The molecule has 9 heteroatoms. The van der Waals surface area contributed by atoms with Crippen molar-refractivity contribution in [2.45, 2.75) is 6.54 Å². The highest BCUT2D eigenvalue weighted by Crippen LogP contribution is 2.25. The Hall–Kier alpha value is -1.72. The zero-order valence-electron chi connectivity index (χ0n) is 7.23. The van der Waals surface area contributed by atoms with E-state index in [0.717, 1.165) is 0 Å². The second-order valence-electron chi connectivity index (χ2n) is 2.43. The molecule has 2 rings (SSSR count). The molecule has 0 aromatic carbocycles. The van der Waals surface area contributed by atoms with Crippen LogP contribution in [-0.4, -0.2) is 25.6 Å². The number of nitriles is 1. The van der Waals surface area contributed by atoms with E-state index >= 15 is 0 Å². The van der Waals surface area contributed by atoms with E-state index in [1.807, 2.05) is 6.07 Å². The molecular formula is C6H4ClN7S. The molecule has 0 spiro atoms. The summed E-state index contributed by atoms with van der Waals surface area (Å²) in [4.78, 5) is 4.33. The number of anilines is 1. The maximum atomic E-state index is 8.65. The van der Waals surface area contributed by atoms with Crippen LogP contribution in [0, 0.1) is 11.3 Å². The van der Waals surface area contributed by atoms with Crippen LogP contribution < -0.4 is 5.32 Å². The first-order valence-corrected chi connectivity index (χ1v) is 5.01. The number of H-pyrrole nitrogens is 1. The summed E-state index contributed by atoms with van der Waals surface area (Å²) in [6, 6.07) is 1.94. The fourth-order valence-corrected chi connectivity index (χ4v) is 1.80. The van der Waals surface area contributed by atoms with Crippen LogP contribution in [0.1, 0.15) is 10.7 Å². The van der Waals surface area contributed by atoms with Crippen molar-refractivity contribution in [3.8, 4) is 6.07 Å². The predicted molar refractivity (Wildman–Crippen MR) is 53.3 cm³/mol. The smallest absolute Gasteiger partial charge is 0.193 e. The minimum absolute atomic E-state index is 0.207. The third-order valence-corrected chi connectivity index (χ3v) is 2.78. The van der Waals surface area contributed by atoms with Gasteiger partial charge in [0.1, 0.15) is 10.9 Å². The largest absolute Gasteiger partial charge is 0.354 e. The van der Waals surface area contributed by atoms with Crippen LogP contribution in [0.25, 0.3) is 0 Å². The molecule has 0 atom stereocenters. The molecule has 2 aromatic heterocycles. The van der Waals surface area contributed by atoms with Crippen LogP contribution in [0.3, 0.4) is 0 Å². The Kier molecular flexibility index (Phi) is 2.75. The summed E-state index contributed by atoms with van der Waals surface area (Å²) < 4.78 is 0. The van der Waals surface area contributed by atoms with E-state index in [1.54, 1.807) is 0 Å². The van der Waals surface area contributed by atoms with Gasteiger partial charge in [-0.25, -0.2) is 4.98 Å². The fraction of sp³-hybridized carbons (Fsp3) is 0.167. The van der Waals surface area contributed by atoms with Crippen LogP contribution in [0.5, 0.6) is 0 Å². The molecule has 0 aliphatic carbocycles. The first-order chi connectivity index (χ1) is 7.29. The molecule has 0 aliphatic rings. The second kappa shape index (κ2) is 4.20. The highest BCUT2D eigenvalue weighted by atomic mass is 35.5. The Bertz CT molecular complexity index is 484. The predicted octanol–water partition coefficient (Wildman–Crippen LogP) is 0.793. The van der Waals surface area contributed by atoms with Gasteiger partial charge in [0.25, 0.3) is 0 Å². The van der Waals surface area contributed by atoms with Crippen molar-refractivity contribution in [1.82, 2.24) is 25.6 Å². The Labute approximate surface area is 93.1 Å². The van der Waals surface area contributed by atoms with Gasteiger partial charge in [-0.2, -0.15) is 10.5 Å². The van der Waals surface area contributed by atoms with Crippen molar-refractivity contribution in [1.29, 1.82) is 5.26 Å². The molecular weight excluding hydrogens is 238 g/mol. The summed E-state index contributed by atoms with van der Waals surface area (Å²) in [7, 11) is 0. The number of rotatable bonds is 3. The standard InChI is InChI=1S/C6H4ClN7S/c7-5-3(1-8)15-6(10-5)9-2-4-11-13-14-12-4/h2H2,(H,9,10)(H,11,12,13,14). The lowest BCUT2D eigenvalue weighted by atomic mass is 10.6. The van der Waals surface area contributed by atoms with E-state index in [1.165, 1.54) is 11.3 Å².